The minimum Gasteiger partial charge on any atom is -0.465 e. The van der Waals surface area contributed by atoms with Crippen molar-refractivity contribution in [3.8, 4) is 0 Å². The van der Waals surface area contributed by atoms with E-state index in [1.165, 1.54) is 11.3 Å². The molecule has 1 N–H and O–H groups in total. The largest absolute Gasteiger partial charge is 0.465 e. The molecule has 7 heteroatoms. The van der Waals surface area contributed by atoms with Crippen molar-refractivity contribution in [2.75, 3.05) is 13.2 Å². The number of thiophene rings is 1. The molecular formula is C28H31NO5S. The quantitative estimate of drug-likeness (QED) is 0.400. The van der Waals surface area contributed by atoms with E-state index in [1.54, 1.807) is 13.8 Å². The number of ketones is 1. The van der Waals surface area contributed by atoms with Crippen molar-refractivity contribution in [2.24, 2.45) is 5.92 Å². The van der Waals surface area contributed by atoms with E-state index in [1.807, 2.05) is 47.8 Å². The van der Waals surface area contributed by atoms with Crippen LogP contribution in [0.15, 0.2) is 70.4 Å². The Morgan fingerprint density at radius 1 is 1.03 bits per heavy atom. The summed E-state index contributed by atoms with van der Waals surface area (Å²) in [7, 11) is 0. The maximum atomic E-state index is 14.2. The van der Waals surface area contributed by atoms with Gasteiger partial charge in [0, 0.05) is 33.7 Å². The van der Waals surface area contributed by atoms with E-state index in [4.69, 9.17) is 9.47 Å². The molecule has 0 radical (unpaired) electrons. The molecular weight excluding hydrogens is 462 g/mol. The van der Waals surface area contributed by atoms with Gasteiger partial charge in [0.05, 0.1) is 18.8 Å². The molecule has 1 aliphatic carbocycles. The highest BCUT2D eigenvalue weighted by atomic mass is 32.1. The third-order valence-electron chi connectivity index (χ3n) is 6.48. The Balaban J connectivity index is 1.90. The predicted octanol–water partition coefficient (Wildman–Crippen LogP) is 5.24. The van der Waals surface area contributed by atoms with E-state index in [9.17, 15) is 14.4 Å². The van der Waals surface area contributed by atoms with E-state index in [2.05, 4.69) is 12.2 Å². The third-order valence-corrected chi connectivity index (χ3v) is 7.49. The van der Waals surface area contributed by atoms with E-state index >= 15 is 0 Å². The van der Waals surface area contributed by atoms with Gasteiger partial charge in [-0.15, -0.1) is 11.3 Å². The first-order valence-corrected chi connectivity index (χ1v) is 13.1. The lowest BCUT2D eigenvalue weighted by molar-refractivity contribution is -0.152. The summed E-state index contributed by atoms with van der Waals surface area (Å²) in [5.41, 5.74) is 3.29. The van der Waals surface area contributed by atoms with Crippen molar-refractivity contribution in [3.63, 3.8) is 0 Å². The van der Waals surface area contributed by atoms with Gasteiger partial charge in [0.1, 0.15) is 5.92 Å². The summed E-state index contributed by atoms with van der Waals surface area (Å²) in [5, 5.41) is 5.40. The van der Waals surface area contributed by atoms with Crippen LogP contribution in [-0.4, -0.2) is 30.9 Å². The van der Waals surface area contributed by atoms with Gasteiger partial charge in [0.2, 0.25) is 0 Å². The molecule has 2 aliphatic rings. The Bertz CT molecular complexity index is 1150. The second kappa shape index (κ2) is 11.0. The first-order valence-electron chi connectivity index (χ1n) is 12.2. The van der Waals surface area contributed by atoms with E-state index in [-0.39, 0.29) is 24.9 Å². The number of hydrogen-bond donors (Lipinski definition) is 1. The summed E-state index contributed by atoms with van der Waals surface area (Å²) in [5.74, 6) is -3.14. The van der Waals surface area contributed by atoms with Crippen molar-refractivity contribution >= 4 is 29.1 Å². The van der Waals surface area contributed by atoms with E-state index in [0.29, 0.717) is 24.0 Å². The third kappa shape index (κ3) is 4.82. The normalized spacial score (nSPS) is 21.9. The van der Waals surface area contributed by atoms with Crippen molar-refractivity contribution < 1.29 is 23.9 Å². The standard InChI is InChI=1S/C28H31NO5S/c1-4-11-19-25(28(32)34-6-3)22(17-12-8-7-9-13-17)24-20(29-19)16-18(21-14-10-15-35-21)23(26(24)30)27(31)33-5-2/h7-10,12-15,18,22-23,29H,4-6,11,16H2,1-3H3/t18-,22-,23-/m0/s1. The minimum absolute atomic E-state index is 0.195. The Labute approximate surface area is 210 Å². The number of dihydropyridines is 1. The van der Waals surface area contributed by atoms with Crippen LogP contribution in [-0.2, 0) is 23.9 Å². The number of nitrogens with one attached hydrogen (secondary N) is 1. The molecule has 1 aromatic carbocycles. The Morgan fingerprint density at radius 3 is 2.40 bits per heavy atom. The van der Waals surface area contributed by atoms with Gasteiger partial charge in [-0.2, -0.15) is 0 Å². The first kappa shape index (κ1) is 24.9. The second-order valence-corrected chi connectivity index (χ2v) is 9.62. The molecule has 184 valence electrons. The highest BCUT2D eigenvalue weighted by Crippen LogP contribution is 2.49. The molecule has 2 heterocycles. The summed E-state index contributed by atoms with van der Waals surface area (Å²) in [6, 6.07) is 13.4. The summed E-state index contributed by atoms with van der Waals surface area (Å²) in [6.45, 7) is 5.99. The summed E-state index contributed by atoms with van der Waals surface area (Å²) < 4.78 is 10.8. The molecule has 0 spiro atoms. The topological polar surface area (TPSA) is 81.7 Å². The minimum atomic E-state index is -0.962. The Hall–Kier alpha value is -3.19. The molecule has 0 bridgehead atoms. The smallest absolute Gasteiger partial charge is 0.336 e. The van der Waals surface area contributed by atoms with Crippen LogP contribution in [0.1, 0.15) is 62.3 Å². The first-order chi connectivity index (χ1) is 17.0. The molecule has 35 heavy (non-hydrogen) atoms. The number of ether oxygens (including phenoxy) is 2. The van der Waals surface area contributed by atoms with Crippen LogP contribution < -0.4 is 5.32 Å². The average Bonchev–Trinajstić information content (AvgIpc) is 3.39. The molecule has 0 fully saturated rings. The van der Waals surface area contributed by atoms with Crippen molar-refractivity contribution in [1.29, 1.82) is 0 Å². The molecule has 4 rings (SSSR count). The number of carbonyl (C=O) groups is 3. The van der Waals surface area contributed by atoms with Crippen LogP contribution in [0, 0.1) is 5.92 Å². The molecule has 1 aromatic heterocycles. The number of benzene rings is 1. The lowest BCUT2D eigenvalue weighted by Crippen LogP contribution is -2.43. The number of esters is 2. The molecule has 0 amide bonds. The second-order valence-electron chi connectivity index (χ2n) is 8.64. The zero-order valence-electron chi connectivity index (χ0n) is 20.3. The molecule has 6 nitrogen and oxygen atoms in total. The number of rotatable bonds is 8. The van der Waals surface area contributed by atoms with Crippen molar-refractivity contribution in [3.05, 3.63) is 80.8 Å². The van der Waals surface area contributed by atoms with Crippen LogP contribution in [0.3, 0.4) is 0 Å². The van der Waals surface area contributed by atoms with Gasteiger partial charge in [-0.1, -0.05) is 49.7 Å². The fourth-order valence-electron chi connectivity index (χ4n) is 5.10. The monoisotopic (exact) mass is 493 g/mol. The summed E-state index contributed by atoms with van der Waals surface area (Å²) in [4.78, 5) is 41.6. The van der Waals surface area contributed by atoms with Gasteiger partial charge in [-0.25, -0.2) is 4.79 Å². The fraction of sp³-hybridized carbons (Fsp3) is 0.393. The lowest BCUT2D eigenvalue weighted by atomic mass is 9.68. The van der Waals surface area contributed by atoms with Crippen molar-refractivity contribution in [1.82, 2.24) is 5.32 Å². The maximum absolute atomic E-state index is 14.2. The van der Waals surface area contributed by atoms with Crippen molar-refractivity contribution in [2.45, 2.75) is 51.9 Å². The highest BCUT2D eigenvalue weighted by molar-refractivity contribution is 7.10. The lowest BCUT2D eigenvalue weighted by Gasteiger charge is -2.39. The number of allylic oxidation sites excluding steroid dienone is 3. The van der Waals surface area contributed by atoms with E-state index < -0.39 is 23.8 Å². The van der Waals surface area contributed by atoms with E-state index in [0.717, 1.165) is 28.3 Å². The van der Waals surface area contributed by atoms with Crippen LogP contribution in [0.5, 0.6) is 0 Å². The molecule has 3 atom stereocenters. The van der Waals surface area contributed by atoms with Crippen LogP contribution in [0.4, 0.5) is 0 Å². The number of carbonyl (C=O) groups excluding carboxylic acids is 3. The number of Topliss-reactive ketones (excluding diaryl/α,β-unsaturated/α-hetero) is 1. The average molecular weight is 494 g/mol. The fourth-order valence-corrected chi connectivity index (χ4v) is 5.96. The molecule has 2 aromatic rings. The van der Waals surface area contributed by atoms with Gasteiger partial charge in [0.15, 0.2) is 5.78 Å². The molecule has 0 saturated heterocycles. The summed E-state index contributed by atoms with van der Waals surface area (Å²) in [6.07, 6.45) is 1.95. The van der Waals surface area contributed by atoms with Gasteiger partial charge in [-0.3, -0.25) is 9.59 Å². The zero-order valence-corrected chi connectivity index (χ0v) is 21.2. The van der Waals surface area contributed by atoms with Gasteiger partial charge < -0.3 is 14.8 Å². The zero-order chi connectivity index (χ0) is 24.9. The Kier molecular flexibility index (Phi) is 7.86. The maximum Gasteiger partial charge on any atom is 0.336 e. The molecule has 0 saturated carbocycles. The predicted molar refractivity (Wildman–Crippen MR) is 135 cm³/mol. The molecule has 0 unspecified atom stereocenters. The van der Waals surface area contributed by atoms with Crippen LogP contribution in [0.2, 0.25) is 0 Å². The highest BCUT2D eigenvalue weighted by Gasteiger charge is 2.49. The Morgan fingerprint density at radius 2 is 1.77 bits per heavy atom. The van der Waals surface area contributed by atoms with Gasteiger partial charge >= 0.3 is 11.9 Å². The summed E-state index contributed by atoms with van der Waals surface area (Å²) >= 11 is 1.53. The van der Waals surface area contributed by atoms with Crippen LogP contribution in [0.25, 0.3) is 0 Å². The SMILES string of the molecule is CCCC1=C(C(=O)OCC)[C@@H](c2ccccc2)C2=C(C[C@@H](c3cccs3)[C@H](C(=O)OCC)C2=O)N1. The number of hydrogen-bond acceptors (Lipinski definition) is 7. The van der Waals surface area contributed by atoms with Crippen LogP contribution >= 0.6 is 11.3 Å². The van der Waals surface area contributed by atoms with Gasteiger partial charge in [-0.05, 0) is 43.7 Å². The van der Waals surface area contributed by atoms with Gasteiger partial charge in [0.25, 0.3) is 0 Å². The molecule has 1 aliphatic heterocycles.